The number of nitrogens with one attached hydrogen (secondary N) is 1. The summed E-state index contributed by atoms with van der Waals surface area (Å²) < 4.78 is 28.3. The number of hydrogen-bond donors (Lipinski definition) is 1. The lowest BCUT2D eigenvalue weighted by atomic mass is 10.00. The first-order valence-corrected chi connectivity index (χ1v) is 8.60. The second-order valence-corrected chi connectivity index (χ2v) is 7.43. The molecule has 21 heavy (non-hydrogen) atoms. The SMILES string of the molecule is CCn1nc(C)cc1S(=O)(=O)N(C)CC1CCCNC1.Cl. The van der Waals surface area contributed by atoms with Crippen molar-refractivity contribution in [2.75, 3.05) is 26.7 Å². The molecule has 1 saturated heterocycles. The summed E-state index contributed by atoms with van der Waals surface area (Å²) in [7, 11) is -1.80. The van der Waals surface area contributed by atoms with Crippen molar-refractivity contribution in [1.82, 2.24) is 19.4 Å². The van der Waals surface area contributed by atoms with Crippen LogP contribution < -0.4 is 5.32 Å². The van der Waals surface area contributed by atoms with Crippen molar-refractivity contribution >= 4 is 22.4 Å². The number of halogens is 1. The van der Waals surface area contributed by atoms with E-state index in [1.165, 1.54) is 4.31 Å². The monoisotopic (exact) mass is 336 g/mol. The number of piperidine rings is 1. The van der Waals surface area contributed by atoms with Crippen LogP contribution in [0.3, 0.4) is 0 Å². The van der Waals surface area contributed by atoms with E-state index in [9.17, 15) is 8.42 Å². The highest BCUT2D eigenvalue weighted by atomic mass is 35.5. The van der Waals surface area contributed by atoms with Gasteiger partial charge in [-0.3, -0.25) is 4.68 Å². The molecule has 1 atom stereocenters. The highest BCUT2D eigenvalue weighted by Gasteiger charge is 2.28. The van der Waals surface area contributed by atoms with E-state index in [1.54, 1.807) is 17.8 Å². The fourth-order valence-corrected chi connectivity index (χ4v) is 4.14. The number of nitrogens with zero attached hydrogens (tertiary/aromatic N) is 3. The summed E-state index contributed by atoms with van der Waals surface area (Å²) in [5.41, 5.74) is 0.734. The summed E-state index contributed by atoms with van der Waals surface area (Å²) in [6.07, 6.45) is 2.20. The minimum atomic E-state index is -3.45. The van der Waals surface area contributed by atoms with Crippen molar-refractivity contribution in [2.24, 2.45) is 5.92 Å². The van der Waals surface area contributed by atoms with Gasteiger partial charge in [-0.15, -0.1) is 12.4 Å². The van der Waals surface area contributed by atoms with Crippen molar-refractivity contribution in [3.63, 3.8) is 0 Å². The molecule has 8 heteroatoms. The molecule has 1 aromatic heterocycles. The standard InChI is InChI=1S/C13H24N4O2S.ClH/c1-4-17-13(8-11(2)15-17)20(18,19)16(3)10-12-6-5-7-14-9-12;/h8,12,14H,4-7,9-10H2,1-3H3;1H. The summed E-state index contributed by atoms with van der Waals surface area (Å²) >= 11 is 0. The third-order valence-corrected chi connectivity index (χ3v) is 5.58. The van der Waals surface area contributed by atoms with Crippen molar-refractivity contribution < 1.29 is 8.42 Å². The Labute approximate surface area is 133 Å². The number of hydrogen-bond acceptors (Lipinski definition) is 4. The van der Waals surface area contributed by atoms with E-state index in [2.05, 4.69) is 10.4 Å². The molecule has 0 saturated carbocycles. The van der Waals surface area contributed by atoms with Gasteiger partial charge in [-0.2, -0.15) is 9.40 Å². The molecule has 0 radical (unpaired) electrons. The van der Waals surface area contributed by atoms with Crippen molar-refractivity contribution in [3.8, 4) is 0 Å². The molecule has 2 rings (SSSR count). The Hall–Kier alpha value is -0.630. The summed E-state index contributed by atoms with van der Waals surface area (Å²) in [6.45, 7) is 6.76. The second-order valence-electron chi connectivity index (χ2n) is 5.44. The molecule has 6 nitrogen and oxygen atoms in total. The van der Waals surface area contributed by atoms with Crippen LogP contribution in [0.5, 0.6) is 0 Å². The number of rotatable bonds is 5. The van der Waals surface area contributed by atoms with Crippen LogP contribution in [-0.4, -0.2) is 49.2 Å². The molecule has 1 aromatic rings. The summed E-state index contributed by atoms with van der Waals surface area (Å²) in [5, 5.41) is 7.84. The van der Waals surface area contributed by atoms with Gasteiger partial charge in [0.25, 0.3) is 10.0 Å². The molecule has 0 spiro atoms. The van der Waals surface area contributed by atoms with E-state index in [0.717, 1.165) is 31.6 Å². The maximum atomic E-state index is 12.6. The van der Waals surface area contributed by atoms with Crippen molar-refractivity contribution in [2.45, 2.75) is 38.3 Å². The zero-order valence-corrected chi connectivity index (χ0v) is 14.5. The van der Waals surface area contributed by atoms with Gasteiger partial charge in [0.1, 0.15) is 0 Å². The molecule has 122 valence electrons. The Morgan fingerprint density at radius 3 is 2.81 bits per heavy atom. The highest BCUT2D eigenvalue weighted by Crippen LogP contribution is 2.19. The molecule has 0 aromatic carbocycles. The van der Waals surface area contributed by atoms with E-state index >= 15 is 0 Å². The van der Waals surface area contributed by atoms with Crippen LogP contribution in [0.15, 0.2) is 11.1 Å². The zero-order chi connectivity index (χ0) is 14.8. The second kappa shape index (κ2) is 7.58. The van der Waals surface area contributed by atoms with Gasteiger partial charge in [-0.1, -0.05) is 0 Å². The third kappa shape index (κ3) is 4.18. The quantitative estimate of drug-likeness (QED) is 0.879. The van der Waals surface area contributed by atoms with E-state index < -0.39 is 10.0 Å². The van der Waals surface area contributed by atoms with Crippen LogP contribution in [0.1, 0.15) is 25.5 Å². The fraction of sp³-hybridized carbons (Fsp3) is 0.769. The third-order valence-electron chi connectivity index (χ3n) is 3.75. The molecule has 1 aliphatic rings. The van der Waals surface area contributed by atoms with Gasteiger partial charge in [0.05, 0.1) is 5.69 Å². The minimum absolute atomic E-state index is 0. The maximum absolute atomic E-state index is 12.6. The maximum Gasteiger partial charge on any atom is 0.259 e. The van der Waals surface area contributed by atoms with Gasteiger partial charge < -0.3 is 5.32 Å². The fourth-order valence-electron chi connectivity index (χ4n) is 2.66. The van der Waals surface area contributed by atoms with Gasteiger partial charge in [-0.25, -0.2) is 8.42 Å². The molecule has 1 aliphatic heterocycles. The first-order chi connectivity index (χ1) is 9.45. The van der Waals surface area contributed by atoms with Crippen LogP contribution in [0.4, 0.5) is 0 Å². The molecule has 1 unspecified atom stereocenters. The minimum Gasteiger partial charge on any atom is -0.316 e. The van der Waals surface area contributed by atoms with E-state index in [4.69, 9.17) is 0 Å². The molecule has 0 amide bonds. The van der Waals surface area contributed by atoms with E-state index in [0.29, 0.717) is 24.0 Å². The summed E-state index contributed by atoms with van der Waals surface area (Å²) in [5.74, 6) is 0.391. The van der Waals surface area contributed by atoms with Crippen molar-refractivity contribution in [1.29, 1.82) is 0 Å². The number of aryl methyl sites for hydroxylation is 2. The topological polar surface area (TPSA) is 67.2 Å². The van der Waals surface area contributed by atoms with Gasteiger partial charge in [0.15, 0.2) is 5.03 Å². The number of sulfonamides is 1. The molecular formula is C13H25ClN4O2S. The van der Waals surface area contributed by atoms with Crippen LogP contribution in [-0.2, 0) is 16.6 Å². The molecule has 0 aliphatic carbocycles. The average molecular weight is 337 g/mol. The van der Waals surface area contributed by atoms with Gasteiger partial charge in [0, 0.05) is 20.1 Å². The van der Waals surface area contributed by atoms with Gasteiger partial charge >= 0.3 is 0 Å². The predicted molar refractivity (Wildman–Crippen MR) is 85.3 cm³/mol. The Morgan fingerprint density at radius 2 is 2.24 bits per heavy atom. The lowest BCUT2D eigenvalue weighted by Gasteiger charge is -2.27. The zero-order valence-electron chi connectivity index (χ0n) is 12.9. The van der Waals surface area contributed by atoms with Gasteiger partial charge in [0.2, 0.25) is 0 Å². The molecule has 1 N–H and O–H groups in total. The first kappa shape index (κ1) is 18.4. The normalized spacial score (nSPS) is 19.5. The predicted octanol–water partition coefficient (Wildman–Crippen LogP) is 1.25. The van der Waals surface area contributed by atoms with Crippen molar-refractivity contribution in [3.05, 3.63) is 11.8 Å². The first-order valence-electron chi connectivity index (χ1n) is 7.16. The number of aromatic nitrogens is 2. The highest BCUT2D eigenvalue weighted by molar-refractivity contribution is 7.89. The molecule has 1 fully saturated rings. The van der Waals surface area contributed by atoms with Crippen LogP contribution >= 0.6 is 12.4 Å². The van der Waals surface area contributed by atoms with E-state index in [-0.39, 0.29) is 12.4 Å². The molecular weight excluding hydrogens is 312 g/mol. The summed E-state index contributed by atoms with van der Waals surface area (Å²) in [4.78, 5) is 0. The largest absolute Gasteiger partial charge is 0.316 e. The lowest BCUT2D eigenvalue weighted by Crippen LogP contribution is -2.39. The Balaban J connectivity index is 0.00000220. The Morgan fingerprint density at radius 1 is 1.52 bits per heavy atom. The molecule has 2 heterocycles. The van der Waals surface area contributed by atoms with Gasteiger partial charge in [-0.05, 0) is 51.8 Å². The molecule has 0 bridgehead atoms. The lowest BCUT2D eigenvalue weighted by molar-refractivity contribution is 0.313. The van der Waals surface area contributed by atoms with Crippen LogP contribution in [0.2, 0.25) is 0 Å². The van der Waals surface area contributed by atoms with Crippen LogP contribution in [0, 0.1) is 12.8 Å². The Kier molecular flexibility index (Phi) is 6.65. The average Bonchev–Trinajstić information content (AvgIpc) is 2.82. The summed E-state index contributed by atoms with van der Waals surface area (Å²) in [6, 6.07) is 1.65. The Bertz CT molecular complexity index is 553. The van der Waals surface area contributed by atoms with Crippen LogP contribution in [0.25, 0.3) is 0 Å². The van der Waals surface area contributed by atoms with E-state index in [1.807, 2.05) is 13.8 Å². The smallest absolute Gasteiger partial charge is 0.259 e.